The summed E-state index contributed by atoms with van der Waals surface area (Å²) in [7, 11) is 1.92. The SMILES string of the molecule is CN(Cc1ccncc1)c1ncc(CO)cn1. The van der Waals surface area contributed by atoms with Crippen molar-refractivity contribution in [2.24, 2.45) is 0 Å². The van der Waals surface area contributed by atoms with Gasteiger partial charge in [0.25, 0.3) is 0 Å². The lowest BCUT2D eigenvalue weighted by Gasteiger charge is -2.16. The van der Waals surface area contributed by atoms with Crippen molar-refractivity contribution < 1.29 is 5.11 Å². The zero-order valence-electron chi connectivity index (χ0n) is 9.61. The fourth-order valence-electron chi connectivity index (χ4n) is 1.46. The average molecular weight is 230 g/mol. The molecular weight excluding hydrogens is 216 g/mol. The minimum absolute atomic E-state index is 0.0334. The van der Waals surface area contributed by atoms with Crippen LogP contribution in [0.25, 0.3) is 0 Å². The van der Waals surface area contributed by atoms with Crippen molar-refractivity contribution in [1.82, 2.24) is 15.0 Å². The summed E-state index contributed by atoms with van der Waals surface area (Å²) < 4.78 is 0. The van der Waals surface area contributed by atoms with Crippen LogP contribution in [0, 0.1) is 0 Å². The van der Waals surface area contributed by atoms with E-state index in [0.717, 1.165) is 12.1 Å². The second kappa shape index (κ2) is 5.36. The van der Waals surface area contributed by atoms with Crippen molar-refractivity contribution in [2.45, 2.75) is 13.2 Å². The molecule has 2 aromatic heterocycles. The van der Waals surface area contributed by atoms with E-state index in [4.69, 9.17) is 5.11 Å². The second-order valence-corrected chi connectivity index (χ2v) is 3.76. The van der Waals surface area contributed by atoms with Gasteiger partial charge in [-0.15, -0.1) is 0 Å². The minimum atomic E-state index is -0.0334. The molecule has 2 aromatic rings. The van der Waals surface area contributed by atoms with Gasteiger partial charge in [-0.1, -0.05) is 0 Å². The Morgan fingerprint density at radius 3 is 2.35 bits per heavy atom. The van der Waals surface area contributed by atoms with Crippen LogP contribution < -0.4 is 4.90 Å². The lowest BCUT2D eigenvalue weighted by Crippen LogP contribution is -2.19. The standard InChI is InChI=1S/C12H14N4O/c1-16(8-10-2-4-13-5-3-10)12-14-6-11(9-17)7-15-12/h2-7,17H,8-9H2,1H3. The molecule has 2 heterocycles. The van der Waals surface area contributed by atoms with Gasteiger partial charge < -0.3 is 10.0 Å². The van der Waals surface area contributed by atoms with Crippen molar-refractivity contribution in [3.63, 3.8) is 0 Å². The molecule has 0 atom stereocenters. The van der Waals surface area contributed by atoms with Crippen molar-refractivity contribution in [3.05, 3.63) is 48.0 Å². The maximum absolute atomic E-state index is 8.90. The Morgan fingerprint density at radius 1 is 1.12 bits per heavy atom. The quantitative estimate of drug-likeness (QED) is 0.849. The van der Waals surface area contributed by atoms with Gasteiger partial charge in [-0.2, -0.15) is 0 Å². The van der Waals surface area contributed by atoms with Gasteiger partial charge >= 0.3 is 0 Å². The highest BCUT2D eigenvalue weighted by atomic mass is 16.3. The monoisotopic (exact) mass is 230 g/mol. The Labute approximate surface area is 99.8 Å². The summed E-state index contributed by atoms with van der Waals surface area (Å²) in [5.41, 5.74) is 1.86. The van der Waals surface area contributed by atoms with Crippen LogP contribution in [-0.4, -0.2) is 27.1 Å². The molecule has 0 radical (unpaired) electrons. The smallest absolute Gasteiger partial charge is 0.225 e. The van der Waals surface area contributed by atoms with Gasteiger partial charge in [-0.25, -0.2) is 9.97 Å². The summed E-state index contributed by atoms with van der Waals surface area (Å²) in [5, 5.41) is 8.90. The third kappa shape index (κ3) is 2.98. The first-order valence-electron chi connectivity index (χ1n) is 5.31. The molecule has 0 saturated carbocycles. The fourth-order valence-corrected chi connectivity index (χ4v) is 1.46. The number of anilines is 1. The van der Waals surface area contributed by atoms with Gasteiger partial charge in [-0.05, 0) is 17.7 Å². The molecule has 2 rings (SSSR count). The Hall–Kier alpha value is -2.01. The van der Waals surface area contributed by atoms with Gasteiger partial charge in [0.2, 0.25) is 5.95 Å². The molecule has 0 unspecified atom stereocenters. The number of nitrogens with zero attached hydrogens (tertiary/aromatic N) is 4. The zero-order chi connectivity index (χ0) is 12.1. The molecule has 5 heteroatoms. The van der Waals surface area contributed by atoms with E-state index in [1.54, 1.807) is 24.8 Å². The number of aliphatic hydroxyl groups excluding tert-OH is 1. The van der Waals surface area contributed by atoms with Crippen LogP contribution in [0.15, 0.2) is 36.9 Å². The first-order valence-corrected chi connectivity index (χ1v) is 5.31. The van der Waals surface area contributed by atoms with Crippen LogP contribution in [0.4, 0.5) is 5.95 Å². The summed E-state index contributed by atoms with van der Waals surface area (Å²) >= 11 is 0. The van der Waals surface area contributed by atoms with Crippen LogP contribution in [-0.2, 0) is 13.2 Å². The maximum Gasteiger partial charge on any atom is 0.225 e. The van der Waals surface area contributed by atoms with Gasteiger partial charge in [-0.3, -0.25) is 4.98 Å². The fraction of sp³-hybridized carbons (Fsp3) is 0.250. The number of pyridine rings is 1. The summed E-state index contributed by atoms with van der Waals surface area (Å²) in [5.74, 6) is 0.638. The molecule has 5 nitrogen and oxygen atoms in total. The van der Waals surface area contributed by atoms with Crippen LogP contribution in [0.5, 0.6) is 0 Å². The van der Waals surface area contributed by atoms with Crippen molar-refractivity contribution in [3.8, 4) is 0 Å². The molecule has 17 heavy (non-hydrogen) atoms. The average Bonchev–Trinajstić information content (AvgIpc) is 2.40. The van der Waals surface area contributed by atoms with E-state index in [2.05, 4.69) is 15.0 Å². The molecule has 0 aliphatic heterocycles. The topological polar surface area (TPSA) is 62.1 Å². The molecule has 0 aliphatic carbocycles. The van der Waals surface area contributed by atoms with Crippen LogP contribution >= 0.6 is 0 Å². The lowest BCUT2D eigenvalue weighted by molar-refractivity contribution is 0.281. The van der Waals surface area contributed by atoms with E-state index in [1.165, 1.54) is 0 Å². The number of rotatable bonds is 4. The van der Waals surface area contributed by atoms with E-state index in [-0.39, 0.29) is 6.61 Å². The number of aromatic nitrogens is 3. The normalized spacial score (nSPS) is 10.2. The molecule has 0 fully saturated rings. The van der Waals surface area contributed by atoms with E-state index >= 15 is 0 Å². The number of hydrogen-bond acceptors (Lipinski definition) is 5. The minimum Gasteiger partial charge on any atom is -0.392 e. The van der Waals surface area contributed by atoms with E-state index in [1.807, 2.05) is 24.1 Å². The van der Waals surface area contributed by atoms with E-state index in [9.17, 15) is 0 Å². The molecule has 88 valence electrons. The molecule has 0 saturated heterocycles. The molecule has 0 aromatic carbocycles. The summed E-state index contributed by atoms with van der Waals surface area (Å²) in [6, 6.07) is 3.91. The molecule has 0 bridgehead atoms. The maximum atomic E-state index is 8.90. The van der Waals surface area contributed by atoms with Gasteiger partial charge in [0, 0.05) is 43.9 Å². The van der Waals surface area contributed by atoms with Gasteiger partial charge in [0.15, 0.2) is 0 Å². The number of hydrogen-bond donors (Lipinski definition) is 1. The Morgan fingerprint density at radius 2 is 1.76 bits per heavy atom. The predicted molar refractivity (Wildman–Crippen MR) is 64.3 cm³/mol. The van der Waals surface area contributed by atoms with E-state index in [0.29, 0.717) is 11.5 Å². The van der Waals surface area contributed by atoms with Crippen LogP contribution in [0.1, 0.15) is 11.1 Å². The first kappa shape index (κ1) is 11.5. The van der Waals surface area contributed by atoms with Crippen LogP contribution in [0.3, 0.4) is 0 Å². The second-order valence-electron chi connectivity index (χ2n) is 3.76. The largest absolute Gasteiger partial charge is 0.392 e. The Balaban J connectivity index is 2.06. The van der Waals surface area contributed by atoms with E-state index < -0.39 is 0 Å². The third-order valence-corrected chi connectivity index (χ3v) is 2.38. The summed E-state index contributed by atoms with van der Waals surface area (Å²) in [6.45, 7) is 0.690. The zero-order valence-corrected chi connectivity index (χ0v) is 9.61. The molecule has 0 aliphatic rings. The highest BCUT2D eigenvalue weighted by Crippen LogP contribution is 2.09. The van der Waals surface area contributed by atoms with Gasteiger partial charge in [0.05, 0.1) is 6.61 Å². The predicted octanol–water partition coefficient (Wildman–Crippen LogP) is 1.00. The molecular formula is C12H14N4O. The molecule has 1 N–H and O–H groups in total. The lowest BCUT2D eigenvalue weighted by atomic mass is 10.2. The third-order valence-electron chi connectivity index (χ3n) is 2.38. The Bertz CT molecular complexity index is 458. The van der Waals surface area contributed by atoms with Crippen LogP contribution in [0.2, 0.25) is 0 Å². The summed E-state index contributed by atoms with van der Waals surface area (Å²) in [6.07, 6.45) is 6.79. The summed E-state index contributed by atoms with van der Waals surface area (Å²) in [4.78, 5) is 14.3. The van der Waals surface area contributed by atoms with Crippen molar-refractivity contribution in [1.29, 1.82) is 0 Å². The highest BCUT2D eigenvalue weighted by Gasteiger charge is 2.04. The Kier molecular flexibility index (Phi) is 3.62. The highest BCUT2D eigenvalue weighted by molar-refractivity contribution is 5.30. The molecule has 0 spiro atoms. The van der Waals surface area contributed by atoms with Gasteiger partial charge in [0.1, 0.15) is 0 Å². The number of aliphatic hydroxyl groups is 1. The van der Waals surface area contributed by atoms with Crippen molar-refractivity contribution >= 4 is 5.95 Å². The van der Waals surface area contributed by atoms with Crippen molar-refractivity contribution in [2.75, 3.05) is 11.9 Å². The molecule has 0 amide bonds. The first-order chi connectivity index (χ1) is 8.29.